The third-order valence-electron chi connectivity index (χ3n) is 3.99. The molecule has 8 nitrogen and oxygen atoms in total. The summed E-state index contributed by atoms with van der Waals surface area (Å²) in [6.07, 6.45) is 1.87. The van der Waals surface area contributed by atoms with Crippen LogP contribution in [-0.2, 0) is 11.3 Å². The zero-order valence-corrected chi connectivity index (χ0v) is 17.4. The molecule has 0 aliphatic heterocycles. The van der Waals surface area contributed by atoms with Gasteiger partial charge in [0, 0.05) is 25.1 Å². The molecule has 3 aromatic rings. The van der Waals surface area contributed by atoms with Gasteiger partial charge in [0.15, 0.2) is 15.7 Å². The summed E-state index contributed by atoms with van der Waals surface area (Å²) in [5.41, 5.74) is 1.29. The van der Waals surface area contributed by atoms with Crippen molar-refractivity contribution in [3.63, 3.8) is 0 Å². The van der Waals surface area contributed by atoms with Crippen molar-refractivity contribution >= 4 is 40.5 Å². The lowest BCUT2D eigenvalue weighted by molar-refractivity contribution is -0.116. The second-order valence-electron chi connectivity index (χ2n) is 6.11. The van der Waals surface area contributed by atoms with Crippen LogP contribution in [0.5, 0.6) is 0 Å². The van der Waals surface area contributed by atoms with Crippen LogP contribution in [0.3, 0.4) is 0 Å². The predicted molar refractivity (Wildman–Crippen MR) is 115 cm³/mol. The van der Waals surface area contributed by atoms with Gasteiger partial charge in [-0.1, -0.05) is 35.6 Å². The number of anilines is 1. The molecule has 0 atom stereocenters. The van der Waals surface area contributed by atoms with E-state index in [1.54, 1.807) is 30.3 Å². The normalized spacial score (nSPS) is 10.5. The van der Waals surface area contributed by atoms with Crippen LogP contribution in [0, 0.1) is 11.7 Å². The Morgan fingerprint density at radius 2 is 2.10 bits per heavy atom. The van der Waals surface area contributed by atoms with Crippen LogP contribution in [0.1, 0.15) is 22.5 Å². The SMILES string of the molecule is C=CCn1c(-c2sc(NC(=O)CCNC(=O)c3ccccc3)nc2C)n[nH]c1=S. The Hall–Kier alpha value is -3.11. The Kier molecular flexibility index (Phi) is 6.68. The Morgan fingerprint density at radius 1 is 1.34 bits per heavy atom. The lowest BCUT2D eigenvalue weighted by Gasteiger charge is -2.05. The first-order chi connectivity index (χ1) is 14.0. The smallest absolute Gasteiger partial charge is 0.251 e. The van der Waals surface area contributed by atoms with Crippen molar-refractivity contribution in [1.29, 1.82) is 0 Å². The highest BCUT2D eigenvalue weighted by Gasteiger charge is 2.17. The van der Waals surface area contributed by atoms with E-state index in [4.69, 9.17) is 12.2 Å². The van der Waals surface area contributed by atoms with E-state index in [1.807, 2.05) is 17.6 Å². The second-order valence-corrected chi connectivity index (χ2v) is 7.49. The number of aryl methyl sites for hydroxylation is 1. The van der Waals surface area contributed by atoms with Crippen LogP contribution in [0.25, 0.3) is 10.7 Å². The van der Waals surface area contributed by atoms with E-state index in [0.717, 1.165) is 10.6 Å². The maximum atomic E-state index is 12.2. The molecule has 2 amide bonds. The van der Waals surface area contributed by atoms with Crippen molar-refractivity contribution in [2.75, 3.05) is 11.9 Å². The fraction of sp³-hybridized carbons (Fsp3) is 0.211. The third-order valence-corrected chi connectivity index (χ3v) is 5.37. The van der Waals surface area contributed by atoms with Gasteiger partial charge in [-0.25, -0.2) is 4.98 Å². The van der Waals surface area contributed by atoms with E-state index >= 15 is 0 Å². The number of amides is 2. The molecule has 0 saturated heterocycles. The van der Waals surface area contributed by atoms with Crippen LogP contribution < -0.4 is 10.6 Å². The van der Waals surface area contributed by atoms with Gasteiger partial charge in [0.1, 0.15) is 0 Å². The summed E-state index contributed by atoms with van der Waals surface area (Å²) in [6.45, 7) is 6.33. The Morgan fingerprint density at radius 3 is 2.83 bits per heavy atom. The molecule has 0 bridgehead atoms. The van der Waals surface area contributed by atoms with Gasteiger partial charge in [-0.05, 0) is 31.3 Å². The first-order valence-electron chi connectivity index (χ1n) is 8.86. The summed E-state index contributed by atoms with van der Waals surface area (Å²) >= 11 is 6.56. The molecule has 2 heterocycles. The minimum atomic E-state index is -0.233. The van der Waals surface area contributed by atoms with E-state index < -0.39 is 0 Å². The number of aromatic nitrogens is 4. The van der Waals surface area contributed by atoms with Crippen molar-refractivity contribution in [3.8, 4) is 10.7 Å². The molecule has 29 heavy (non-hydrogen) atoms. The predicted octanol–water partition coefficient (Wildman–Crippen LogP) is 3.32. The maximum Gasteiger partial charge on any atom is 0.251 e. The van der Waals surface area contributed by atoms with Gasteiger partial charge in [0.25, 0.3) is 5.91 Å². The van der Waals surface area contributed by atoms with E-state index in [-0.39, 0.29) is 24.8 Å². The summed E-state index contributed by atoms with van der Waals surface area (Å²) < 4.78 is 2.31. The molecule has 150 valence electrons. The first kappa shape index (κ1) is 20.6. The van der Waals surface area contributed by atoms with E-state index in [2.05, 4.69) is 32.4 Å². The summed E-state index contributed by atoms with van der Waals surface area (Å²) in [4.78, 5) is 29.4. The van der Waals surface area contributed by atoms with Gasteiger partial charge in [0.05, 0.1) is 10.6 Å². The monoisotopic (exact) mass is 428 g/mol. The first-order valence-corrected chi connectivity index (χ1v) is 10.1. The zero-order valence-electron chi connectivity index (χ0n) is 15.8. The molecule has 3 rings (SSSR count). The topological polar surface area (TPSA) is 105 Å². The van der Waals surface area contributed by atoms with Gasteiger partial charge >= 0.3 is 0 Å². The van der Waals surface area contributed by atoms with Crippen molar-refractivity contribution in [3.05, 3.63) is 59.0 Å². The van der Waals surface area contributed by atoms with Gasteiger partial charge in [-0.3, -0.25) is 19.3 Å². The standard InChI is InChI=1S/C19H20N6O2S2/c1-3-11-25-16(23-24-19(25)28)15-12(2)21-18(29-15)22-14(26)9-10-20-17(27)13-7-5-4-6-8-13/h3-8H,1,9-11H2,2H3,(H,20,27)(H,24,28)(H,21,22,26). The lowest BCUT2D eigenvalue weighted by atomic mass is 10.2. The molecule has 10 heteroatoms. The van der Waals surface area contributed by atoms with Gasteiger partial charge in [-0.2, -0.15) is 5.10 Å². The van der Waals surface area contributed by atoms with E-state index in [9.17, 15) is 9.59 Å². The Bertz CT molecular complexity index is 1080. The summed E-state index contributed by atoms with van der Waals surface area (Å²) in [6, 6.07) is 8.86. The van der Waals surface area contributed by atoms with Crippen LogP contribution in [0.2, 0.25) is 0 Å². The summed E-state index contributed by atoms with van der Waals surface area (Å²) in [5, 5.41) is 13.0. The largest absolute Gasteiger partial charge is 0.352 e. The number of hydrogen-bond acceptors (Lipinski definition) is 6. The van der Waals surface area contributed by atoms with Crippen molar-refractivity contribution in [2.45, 2.75) is 19.9 Å². The fourth-order valence-electron chi connectivity index (χ4n) is 2.61. The number of carbonyl (C=O) groups excluding carboxylic acids is 2. The summed E-state index contributed by atoms with van der Waals surface area (Å²) in [7, 11) is 0. The Balaban J connectivity index is 1.59. The summed E-state index contributed by atoms with van der Waals surface area (Å²) in [5.74, 6) is 0.208. The van der Waals surface area contributed by atoms with Crippen LogP contribution in [-0.4, -0.2) is 38.1 Å². The zero-order chi connectivity index (χ0) is 20.8. The molecular weight excluding hydrogens is 408 g/mol. The van der Waals surface area contributed by atoms with Crippen molar-refractivity contribution in [1.82, 2.24) is 25.1 Å². The highest BCUT2D eigenvalue weighted by molar-refractivity contribution is 7.71. The van der Waals surface area contributed by atoms with Crippen molar-refractivity contribution < 1.29 is 9.59 Å². The average Bonchev–Trinajstić information content (AvgIpc) is 3.25. The number of allylic oxidation sites excluding steroid dienone is 1. The van der Waals surface area contributed by atoms with Gasteiger partial charge in [0.2, 0.25) is 5.91 Å². The number of nitrogens with one attached hydrogen (secondary N) is 3. The van der Waals surface area contributed by atoms with Gasteiger partial charge < -0.3 is 10.6 Å². The van der Waals surface area contributed by atoms with Crippen molar-refractivity contribution in [2.24, 2.45) is 0 Å². The molecule has 0 unspecified atom stereocenters. The molecule has 0 aliphatic rings. The molecule has 3 N–H and O–H groups in total. The molecule has 2 aromatic heterocycles. The van der Waals surface area contributed by atoms with E-state index in [0.29, 0.717) is 27.8 Å². The number of H-pyrrole nitrogens is 1. The molecule has 1 aromatic carbocycles. The average molecular weight is 429 g/mol. The molecule has 0 spiro atoms. The maximum absolute atomic E-state index is 12.2. The number of hydrogen-bond donors (Lipinski definition) is 3. The fourth-order valence-corrected chi connectivity index (χ4v) is 3.80. The third kappa shape index (κ3) is 5.04. The Labute approximate surface area is 176 Å². The molecular formula is C19H20N6O2S2. The highest BCUT2D eigenvalue weighted by atomic mass is 32.1. The number of aromatic amines is 1. The lowest BCUT2D eigenvalue weighted by Crippen LogP contribution is -2.27. The minimum absolute atomic E-state index is 0.141. The van der Waals surface area contributed by atoms with Crippen LogP contribution >= 0.6 is 23.6 Å². The van der Waals surface area contributed by atoms with Crippen LogP contribution in [0.4, 0.5) is 5.13 Å². The molecule has 0 aliphatic carbocycles. The number of rotatable bonds is 8. The van der Waals surface area contributed by atoms with Crippen LogP contribution in [0.15, 0.2) is 43.0 Å². The number of thiazole rings is 1. The highest BCUT2D eigenvalue weighted by Crippen LogP contribution is 2.31. The minimum Gasteiger partial charge on any atom is -0.352 e. The number of nitrogens with zero attached hydrogens (tertiary/aromatic N) is 3. The molecule has 0 saturated carbocycles. The molecule has 0 fully saturated rings. The number of benzene rings is 1. The quantitative estimate of drug-likeness (QED) is 0.377. The number of carbonyl (C=O) groups is 2. The molecule has 0 radical (unpaired) electrons. The van der Waals surface area contributed by atoms with Gasteiger partial charge in [-0.15, -0.1) is 6.58 Å². The van der Waals surface area contributed by atoms with E-state index in [1.165, 1.54) is 11.3 Å². The second kappa shape index (κ2) is 9.39.